The Kier molecular flexibility index (Phi) is 3.44. The first-order chi connectivity index (χ1) is 7.77. The fourth-order valence-corrected chi connectivity index (χ4v) is 2.07. The molecule has 1 aromatic heterocycles. The van der Waals surface area contributed by atoms with Crippen LogP contribution in [0, 0.1) is 0 Å². The highest BCUT2D eigenvalue weighted by molar-refractivity contribution is 7.09. The summed E-state index contributed by atoms with van der Waals surface area (Å²) in [6, 6.07) is 8.85. The third-order valence-corrected chi connectivity index (χ3v) is 3.09. The van der Waals surface area contributed by atoms with Gasteiger partial charge in [0.2, 0.25) is 0 Å². The average Bonchev–Trinajstić information content (AvgIpc) is 2.82. The molecule has 2 N–H and O–H groups in total. The number of nitrogens with zero attached hydrogens (tertiary/aromatic N) is 1. The van der Waals surface area contributed by atoms with Crippen LogP contribution in [0.3, 0.4) is 0 Å². The summed E-state index contributed by atoms with van der Waals surface area (Å²) < 4.78 is 0. The van der Waals surface area contributed by atoms with Gasteiger partial charge in [0.15, 0.2) is 5.78 Å². The third kappa shape index (κ3) is 2.53. The van der Waals surface area contributed by atoms with Crippen molar-refractivity contribution in [2.75, 3.05) is 0 Å². The number of Topliss-reactive ketones (excluding diaryl/α,β-unsaturated/α-hetero) is 1. The molecule has 16 heavy (non-hydrogen) atoms. The summed E-state index contributed by atoms with van der Waals surface area (Å²) in [5, 5.41) is 2.67. The van der Waals surface area contributed by atoms with E-state index in [1.165, 1.54) is 11.3 Å². The maximum Gasteiger partial charge on any atom is 0.160 e. The largest absolute Gasteiger partial charge is 0.318 e. The van der Waals surface area contributed by atoms with Crippen LogP contribution in [0.5, 0.6) is 0 Å². The standard InChI is InChI=1S/C12H12N2OS/c13-12(9-4-2-1-3-5-9)10(15)8-11-14-6-7-16-11/h1-7,12H,8,13H2/t12-/m1/s1. The number of hydrogen-bond acceptors (Lipinski definition) is 4. The van der Waals surface area contributed by atoms with E-state index in [1.807, 2.05) is 35.7 Å². The fourth-order valence-electron chi connectivity index (χ4n) is 1.45. The minimum absolute atomic E-state index is 0.00106. The van der Waals surface area contributed by atoms with Crippen LogP contribution in [0.15, 0.2) is 41.9 Å². The lowest BCUT2D eigenvalue weighted by Crippen LogP contribution is -2.22. The van der Waals surface area contributed by atoms with Crippen molar-refractivity contribution in [3.8, 4) is 0 Å². The van der Waals surface area contributed by atoms with Crippen LogP contribution in [0.1, 0.15) is 16.6 Å². The lowest BCUT2D eigenvalue weighted by molar-refractivity contribution is -0.119. The van der Waals surface area contributed by atoms with Crippen molar-refractivity contribution in [3.63, 3.8) is 0 Å². The predicted molar refractivity (Wildman–Crippen MR) is 64.2 cm³/mol. The van der Waals surface area contributed by atoms with Gasteiger partial charge in [-0.25, -0.2) is 4.98 Å². The molecule has 0 amide bonds. The summed E-state index contributed by atoms with van der Waals surface area (Å²) in [6.07, 6.45) is 2.01. The van der Waals surface area contributed by atoms with Crippen LogP contribution in [0.4, 0.5) is 0 Å². The zero-order valence-electron chi connectivity index (χ0n) is 8.67. The number of thiazole rings is 1. The van der Waals surface area contributed by atoms with Gasteiger partial charge in [0.25, 0.3) is 0 Å². The number of ketones is 1. The molecule has 0 aliphatic heterocycles. The Balaban J connectivity index is 2.05. The zero-order chi connectivity index (χ0) is 11.4. The van der Waals surface area contributed by atoms with E-state index in [9.17, 15) is 4.79 Å². The van der Waals surface area contributed by atoms with Gasteiger partial charge in [0.05, 0.1) is 17.5 Å². The molecular weight excluding hydrogens is 220 g/mol. The average molecular weight is 232 g/mol. The molecule has 3 nitrogen and oxygen atoms in total. The molecule has 4 heteroatoms. The molecule has 0 unspecified atom stereocenters. The fraction of sp³-hybridized carbons (Fsp3) is 0.167. The molecule has 0 bridgehead atoms. The van der Waals surface area contributed by atoms with E-state index in [0.29, 0.717) is 6.42 Å². The van der Waals surface area contributed by atoms with Gasteiger partial charge in [-0.05, 0) is 5.56 Å². The van der Waals surface area contributed by atoms with Crippen LogP contribution >= 0.6 is 11.3 Å². The minimum Gasteiger partial charge on any atom is -0.318 e. The second-order valence-corrected chi connectivity index (χ2v) is 4.44. The molecule has 0 fully saturated rings. The highest BCUT2D eigenvalue weighted by Crippen LogP contribution is 2.14. The van der Waals surface area contributed by atoms with E-state index >= 15 is 0 Å². The Morgan fingerprint density at radius 2 is 2.12 bits per heavy atom. The molecule has 2 rings (SSSR count). The van der Waals surface area contributed by atoms with E-state index in [4.69, 9.17) is 5.73 Å². The van der Waals surface area contributed by atoms with E-state index in [2.05, 4.69) is 4.98 Å². The topological polar surface area (TPSA) is 56.0 Å². The number of nitrogens with two attached hydrogens (primary N) is 1. The molecule has 0 saturated carbocycles. The van der Waals surface area contributed by atoms with Gasteiger partial charge in [0, 0.05) is 11.6 Å². The second-order valence-electron chi connectivity index (χ2n) is 3.46. The molecule has 82 valence electrons. The number of carbonyl (C=O) groups excluding carboxylic acids is 1. The van der Waals surface area contributed by atoms with Crippen molar-refractivity contribution in [1.82, 2.24) is 4.98 Å². The van der Waals surface area contributed by atoms with Gasteiger partial charge >= 0.3 is 0 Å². The maximum atomic E-state index is 11.9. The smallest absolute Gasteiger partial charge is 0.160 e. The summed E-state index contributed by atoms with van der Waals surface area (Å²) in [5.74, 6) is 0.00106. The highest BCUT2D eigenvalue weighted by atomic mass is 32.1. The number of hydrogen-bond donors (Lipinski definition) is 1. The zero-order valence-corrected chi connectivity index (χ0v) is 9.48. The van der Waals surface area contributed by atoms with Gasteiger partial charge in [-0.1, -0.05) is 30.3 Å². The molecule has 0 spiro atoms. The third-order valence-electron chi connectivity index (χ3n) is 2.31. The maximum absolute atomic E-state index is 11.9. The molecular formula is C12H12N2OS. The van der Waals surface area contributed by atoms with Gasteiger partial charge < -0.3 is 5.73 Å². The monoisotopic (exact) mass is 232 g/mol. The van der Waals surface area contributed by atoms with Crippen molar-refractivity contribution in [3.05, 3.63) is 52.5 Å². The molecule has 2 aromatic rings. The van der Waals surface area contributed by atoms with Crippen molar-refractivity contribution in [1.29, 1.82) is 0 Å². The van der Waals surface area contributed by atoms with Gasteiger partial charge in [-0.15, -0.1) is 11.3 Å². The quantitative estimate of drug-likeness (QED) is 0.876. The van der Waals surface area contributed by atoms with Crippen LogP contribution in [-0.4, -0.2) is 10.8 Å². The Hall–Kier alpha value is -1.52. The van der Waals surface area contributed by atoms with E-state index < -0.39 is 6.04 Å². The van der Waals surface area contributed by atoms with Crippen LogP contribution in [0.25, 0.3) is 0 Å². The van der Waals surface area contributed by atoms with E-state index in [-0.39, 0.29) is 5.78 Å². The predicted octanol–water partition coefficient (Wildman–Crippen LogP) is 1.95. The number of rotatable bonds is 4. The molecule has 1 atom stereocenters. The first kappa shape index (κ1) is 11.0. The first-order valence-electron chi connectivity index (χ1n) is 4.99. The molecule has 1 heterocycles. The minimum atomic E-state index is -0.551. The van der Waals surface area contributed by atoms with E-state index in [0.717, 1.165) is 10.6 Å². The lowest BCUT2D eigenvalue weighted by Gasteiger charge is -2.09. The van der Waals surface area contributed by atoms with Crippen molar-refractivity contribution in [2.45, 2.75) is 12.5 Å². The molecule has 0 saturated heterocycles. The van der Waals surface area contributed by atoms with Gasteiger partial charge in [0.1, 0.15) is 0 Å². The van der Waals surface area contributed by atoms with Crippen molar-refractivity contribution >= 4 is 17.1 Å². The molecule has 0 aliphatic carbocycles. The Labute approximate surface area is 97.9 Å². The Morgan fingerprint density at radius 3 is 2.75 bits per heavy atom. The SMILES string of the molecule is N[C@@H](C(=O)Cc1nccs1)c1ccccc1. The van der Waals surface area contributed by atoms with Crippen LogP contribution in [-0.2, 0) is 11.2 Å². The summed E-state index contributed by atoms with van der Waals surface area (Å²) in [4.78, 5) is 15.9. The Bertz CT molecular complexity index is 453. The van der Waals surface area contributed by atoms with Gasteiger partial charge in [-0.3, -0.25) is 4.79 Å². The number of benzene rings is 1. The van der Waals surface area contributed by atoms with Crippen molar-refractivity contribution < 1.29 is 4.79 Å². The molecule has 1 aromatic carbocycles. The lowest BCUT2D eigenvalue weighted by atomic mass is 10.0. The van der Waals surface area contributed by atoms with Crippen LogP contribution in [0.2, 0.25) is 0 Å². The molecule has 0 radical (unpaired) electrons. The summed E-state index contributed by atoms with van der Waals surface area (Å²) in [5.41, 5.74) is 6.73. The molecule has 0 aliphatic rings. The summed E-state index contributed by atoms with van der Waals surface area (Å²) in [7, 11) is 0. The van der Waals surface area contributed by atoms with E-state index in [1.54, 1.807) is 6.20 Å². The second kappa shape index (κ2) is 5.01. The number of aromatic nitrogens is 1. The van der Waals surface area contributed by atoms with Gasteiger partial charge in [-0.2, -0.15) is 0 Å². The highest BCUT2D eigenvalue weighted by Gasteiger charge is 2.16. The van der Waals surface area contributed by atoms with Crippen LogP contribution < -0.4 is 5.73 Å². The summed E-state index contributed by atoms with van der Waals surface area (Å²) in [6.45, 7) is 0. The Morgan fingerprint density at radius 1 is 1.38 bits per heavy atom. The number of carbonyl (C=O) groups is 1. The first-order valence-corrected chi connectivity index (χ1v) is 5.87. The normalized spacial score (nSPS) is 12.3. The van der Waals surface area contributed by atoms with Crippen molar-refractivity contribution in [2.24, 2.45) is 5.73 Å². The summed E-state index contributed by atoms with van der Waals surface area (Å²) >= 11 is 1.48.